The molecule has 63 heavy (non-hydrogen) atoms. The molecule has 0 atom stereocenters. The van der Waals surface area contributed by atoms with Crippen LogP contribution in [0, 0.1) is 0 Å². The van der Waals surface area contributed by atoms with Gasteiger partial charge in [0.2, 0.25) is 0 Å². The molecular formula is C59H40BN3. The highest BCUT2D eigenvalue weighted by Crippen LogP contribution is 2.47. The van der Waals surface area contributed by atoms with E-state index in [1.54, 1.807) is 0 Å². The molecule has 0 radical (unpaired) electrons. The summed E-state index contributed by atoms with van der Waals surface area (Å²) in [7, 11) is 0. The average Bonchev–Trinajstić information content (AvgIpc) is 3.37. The van der Waals surface area contributed by atoms with E-state index in [4.69, 9.17) is 4.98 Å². The van der Waals surface area contributed by atoms with Crippen LogP contribution in [0.5, 0.6) is 0 Å². The molecule has 10 aromatic rings. The van der Waals surface area contributed by atoms with Crippen LogP contribution in [-0.4, -0.2) is 11.7 Å². The number of rotatable bonds is 7. The number of nitrogens with zero attached hydrogens (tertiary/aromatic N) is 3. The summed E-state index contributed by atoms with van der Waals surface area (Å²) in [5.74, 6) is 0. The molecule has 3 heterocycles. The fourth-order valence-electron chi connectivity index (χ4n) is 9.71. The SMILES string of the molecule is c1ccc(-c2ccc(N3c4cc(-c5ccccc5)ccc4B4c5ccc(-c6ccccc6)cc5N(c5ccc(-c6ccccc6)cc5)c5cc(-c6ccccn6)cc3c54)cc2)cc1. The zero-order valence-corrected chi connectivity index (χ0v) is 34.5. The van der Waals surface area contributed by atoms with Crippen molar-refractivity contribution in [3.63, 3.8) is 0 Å². The Morgan fingerprint density at radius 2 is 0.635 bits per heavy atom. The van der Waals surface area contributed by atoms with Crippen molar-refractivity contribution >= 4 is 57.2 Å². The molecule has 0 saturated carbocycles. The third-order valence-corrected chi connectivity index (χ3v) is 12.7. The number of fused-ring (bicyclic) bond motifs is 4. The van der Waals surface area contributed by atoms with Gasteiger partial charge < -0.3 is 9.80 Å². The minimum absolute atomic E-state index is 0.0351. The minimum atomic E-state index is -0.0351. The maximum absolute atomic E-state index is 4.96. The maximum atomic E-state index is 4.96. The standard InChI is InChI=1S/C59H40BN3/c1-5-15-41(16-6-1)45-24-30-50(31-25-45)62-55-37-47(43-19-9-3-10-20-43)28-34-52(55)60-53-35-29-48(44-21-11-4-12-22-44)38-56(53)63(51-32-26-46(27-33-51)42-17-7-2-8-18-42)58-40-49(39-57(62)59(58)60)54-23-13-14-36-61-54/h1-40H. The van der Waals surface area contributed by atoms with E-state index in [2.05, 4.69) is 240 Å². The molecule has 0 amide bonds. The highest BCUT2D eigenvalue weighted by Gasteiger charge is 2.44. The van der Waals surface area contributed by atoms with Gasteiger partial charge >= 0.3 is 0 Å². The topological polar surface area (TPSA) is 19.4 Å². The fourth-order valence-corrected chi connectivity index (χ4v) is 9.71. The molecule has 0 spiro atoms. The first-order valence-electron chi connectivity index (χ1n) is 21.6. The van der Waals surface area contributed by atoms with Crippen LogP contribution in [0.15, 0.2) is 243 Å². The molecule has 0 unspecified atom stereocenters. The first kappa shape index (κ1) is 36.6. The van der Waals surface area contributed by atoms with Gasteiger partial charge in [0.05, 0.1) is 5.69 Å². The van der Waals surface area contributed by atoms with Crippen molar-refractivity contribution < 1.29 is 0 Å². The second kappa shape index (κ2) is 15.4. The third kappa shape index (κ3) is 6.43. The van der Waals surface area contributed by atoms with Gasteiger partial charge in [0.15, 0.2) is 0 Å². The van der Waals surface area contributed by atoms with Crippen LogP contribution in [0.4, 0.5) is 34.1 Å². The number of pyridine rings is 1. The Bertz CT molecular complexity index is 3050. The van der Waals surface area contributed by atoms with Crippen LogP contribution in [0.2, 0.25) is 0 Å². The minimum Gasteiger partial charge on any atom is -0.311 e. The zero-order valence-electron chi connectivity index (χ0n) is 34.5. The summed E-state index contributed by atoms with van der Waals surface area (Å²) in [6.07, 6.45) is 1.89. The van der Waals surface area contributed by atoms with Gasteiger partial charge in [-0.15, -0.1) is 0 Å². The van der Waals surface area contributed by atoms with Gasteiger partial charge in [-0.1, -0.05) is 176 Å². The molecule has 2 aliphatic rings. The van der Waals surface area contributed by atoms with Crippen molar-refractivity contribution in [3.8, 4) is 55.8 Å². The van der Waals surface area contributed by atoms with Crippen LogP contribution in [-0.2, 0) is 0 Å². The lowest BCUT2D eigenvalue weighted by atomic mass is 9.33. The van der Waals surface area contributed by atoms with E-state index in [0.717, 1.165) is 34.0 Å². The largest absolute Gasteiger partial charge is 0.311 e. The van der Waals surface area contributed by atoms with E-state index in [1.165, 1.54) is 72.3 Å². The molecule has 12 rings (SSSR count). The normalized spacial score (nSPS) is 12.3. The predicted octanol–water partition coefficient (Wildman–Crippen LogP) is 13.5. The van der Waals surface area contributed by atoms with E-state index >= 15 is 0 Å². The van der Waals surface area contributed by atoms with E-state index in [0.29, 0.717) is 0 Å². The zero-order chi connectivity index (χ0) is 41.7. The van der Waals surface area contributed by atoms with E-state index < -0.39 is 0 Å². The van der Waals surface area contributed by atoms with Crippen molar-refractivity contribution in [2.24, 2.45) is 0 Å². The van der Waals surface area contributed by atoms with Crippen molar-refractivity contribution in [2.45, 2.75) is 0 Å². The molecular weight excluding hydrogens is 761 g/mol. The van der Waals surface area contributed by atoms with Gasteiger partial charge in [-0.2, -0.15) is 0 Å². The number of benzene rings is 9. The second-order valence-electron chi connectivity index (χ2n) is 16.4. The highest BCUT2D eigenvalue weighted by atomic mass is 15.2. The first-order valence-corrected chi connectivity index (χ1v) is 21.6. The molecule has 4 heteroatoms. The van der Waals surface area contributed by atoms with Crippen LogP contribution < -0.4 is 26.2 Å². The van der Waals surface area contributed by atoms with Crippen LogP contribution in [0.25, 0.3) is 55.8 Å². The number of anilines is 6. The first-order chi connectivity index (χ1) is 31.2. The molecule has 0 bridgehead atoms. The summed E-state index contributed by atoms with van der Waals surface area (Å²) in [5, 5.41) is 0. The van der Waals surface area contributed by atoms with Gasteiger partial charge in [0, 0.05) is 45.9 Å². The summed E-state index contributed by atoms with van der Waals surface area (Å²) < 4.78 is 0. The highest BCUT2D eigenvalue weighted by molar-refractivity contribution is 7.00. The Balaban J connectivity index is 1.14. The summed E-state index contributed by atoms with van der Waals surface area (Å²) >= 11 is 0. The van der Waals surface area contributed by atoms with Gasteiger partial charge in [0.25, 0.3) is 6.71 Å². The number of aromatic nitrogens is 1. The Labute approximate surface area is 368 Å². The van der Waals surface area contributed by atoms with E-state index in [-0.39, 0.29) is 6.71 Å². The van der Waals surface area contributed by atoms with Crippen molar-refractivity contribution in [1.82, 2.24) is 4.98 Å². The summed E-state index contributed by atoms with van der Waals surface area (Å²) in [6, 6.07) is 86.0. The van der Waals surface area contributed by atoms with Gasteiger partial charge in [-0.05, 0) is 122 Å². The van der Waals surface area contributed by atoms with Crippen molar-refractivity contribution in [3.05, 3.63) is 243 Å². The smallest absolute Gasteiger partial charge is 0.252 e. The van der Waals surface area contributed by atoms with Crippen LogP contribution in [0.3, 0.4) is 0 Å². The Morgan fingerprint density at radius 3 is 1.03 bits per heavy atom. The van der Waals surface area contributed by atoms with Crippen LogP contribution >= 0.6 is 0 Å². The summed E-state index contributed by atoms with van der Waals surface area (Å²) in [5.41, 5.74) is 22.1. The molecule has 2 aliphatic heterocycles. The summed E-state index contributed by atoms with van der Waals surface area (Å²) in [6.45, 7) is -0.0351. The summed E-state index contributed by atoms with van der Waals surface area (Å²) in [4.78, 5) is 9.95. The second-order valence-corrected chi connectivity index (χ2v) is 16.4. The fraction of sp³-hybridized carbons (Fsp3) is 0. The molecule has 9 aromatic carbocycles. The van der Waals surface area contributed by atoms with Gasteiger partial charge in [-0.25, -0.2) is 0 Å². The molecule has 3 nitrogen and oxygen atoms in total. The average molecular weight is 802 g/mol. The molecule has 0 fully saturated rings. The van der Waals surface area contributed by atoms with E-state index in [1.807, 2.05) is 12.3 Å². The monoisotopic (exact) mass is 801 g/mol. The molecule has 0 saturated heterocycles. The third-order valence-electron chi connectivity index (χ3n) is 12.7. The Kier molecular flexibility index (Phi) is 8.93. The predicted molar refractivity (Wildman–Crippen MR) is 265 cm³/mol. The molecule has 0 N–H and O–H groups in total. The van der Waals surface area contributed by atoms with Crippen molar-refractivity contribution in [1.29, 1.82) is 0 Å². The Hall–Kier alpha value is -8.21. The Morgan fingerprint density at radius 1 is 0.286 bits per heavy atom. The molecule has 294 valence electrons. The lowest BCUT2D eigenvalue weighted by Gasteiger charge is -2.44. The molecule has 1 aromatic heterocycles. The molecule has 0 aliphatic carbocycles. The number of hydrogen-bond donors (Lipinski definition) is 0. The lowest BCUT2D eigenvalue weighted by Crippen LogP contribution is -2.61. The van der Waals surface area contributed by atoms with Crippen LogP contribution in [0.1, 0.15) is 0 Å². The van der Waals surface area contributed by atoms with E-state index in [9.17, 15) is 0 Å². The quantitative estimate of drug-likeness (QED) is 0.150. The van der Waals surface area contributed by atoms with Gasteiger partial charge in [-0.3, -0.25) is 4.98 Å². The van der Waals surface area contributed by atoms with Crippen molar-refractivity contribution in [2.75, 3.05) is 9.80 Å². The number of hydrogen-bond acceptors (Lipinski definition) is 3. The van der Waals surface area contributed by atoms with Gasteiger partial charge in [0.1, 0.15) is 0 Å². The lowest BCUT2D eigenvalue weighted by molar-refractivity contribution is 1.25. The maximum Gasteiger partial charge on any atom is 0.252 e.